The van der Waals surface area contributed by atoms with E-state index < -0.39 is 6.09 Å². The third-order valence-electron chi connectivity index (χ3n) is 4.22. The molecule has 0 spiro atoms. The zero-order valence-corrected chi connectivity index (χ0v) is 18.6. The van der Waals surface area contributed by atoms with Crippen molar-refractivity contribution in [2.45, 2.75) is 13.8 Å². The third-order valence-corrected chi connectivity index (χ3v) is 5.10. The van der Waals surface area contributed by atoms with Crippen LogP contribution in [0.5, 0.6) is 11.5 Å². The molecule has 0 aliphatic rings. The van der Waals surface area contributed by atoms with Crippen LogP contribution in [0.15, 0.2) is 47.6 Å². The fourth-order valence-corrected chi connectivity index (χ4v) is 3.54. The van der Waals surface area contributed by atoms with E-state index in [4.69, 9.17) is 14.2 Å². The lowest BCUT2D eigenvalue weighted by molar-refractivity contribution is 0.168. The van der Waals surface area contributed by atoms with E-state index in [-0.39, 0.29) is 6.61 Å². The number of hydrogen-bond donors (Lipinski definition) is 2. The fraction of sp³-hybridized carbons (Fsp3) is 0.227. The van der Waals surface area contributed by atoms with Gasteiger partial charge in [-0.2, -0.15) is 5.10 Å². The molecule has 31 heavy (non-hydrogen) atoms. The largest absolute Gasteiger partial charge is 0.493 e. The molecule has 0 saturated carbocycles. The van der Waals surface area contributed by atoms with Crippen LogP contribution in [0.2, 0.25) is 0 Å². The molecule has 0 saturated heterocycles. The van der Waals surface area contributed by atoms with Crippen molar-refractivity contribution in [1.82, 2.24) is 4.98 Å². The second-order valence-corrected chi connectivity index (χ2v) is 7.39. The predicted molar refractivity (Wildman–Crippen MR) is 124 cm³/mol. The summed E-state index contributed by atoms with van der Waals surface area (Å²) in [6.45, 7) is 4.05. The molecule has 1 aromatic heterocycles. The number of amides is 1. The smallest absolute Gasteiger partial charge is 0.412 e. The predicted octanol–water partition coefficient (Wildman–Crippen LogP) is 5.15. The molecule has 0 fully saturated rings. The minimum absolute atomic E-state index is 0.283. The normalized spacial score (nSPS) is 10.7. The first-order valence-corrected chi connectivity index (χ1v) is 10.4. The number of ether oxygens (including phenoxy) is 3. The summed E-state index contributed by atoms with van der Waals surface area (Å²) in [4.78, 5) is 16.5. The second kappa shape index (κ2) is 10.4. The molecule has 0 aliphatic carbocycles. The van der Waals surface area contributed by atoms with Gasteiger partial charge in [0.05, 0.1) is 27.0 Å². The number of aryl methyl sites for hydroxylation is 1. The average molecular weight is 441 g/mol. The number of rotatable bonds is 8. The number of nitrogens with zero attached hydrogens (tertiary/aromatic N) is 2. The van der Waals surface area contributed by atoms with E-state index in [9.17, 15) is 4.79 Å². The van der Waals surface area contributed by atoms with E-state index in [0.29, 0.717) is 27.3 Å². The van der Waals surface area contributed by atoms with Gasteiger partial charge in [-0.05, 0) is 37.6 Å². The number of carbonyl (C=O) groups excluding carboxylic acids is 1. The van der Waals surface area contributed by atoms with Gasteiger partial charge in [0.2, 0.25) is 5.13 Å². The Hall–Kier alpha value is -3.59. The molecule has 0 radical (unpaired) electrons. The van der Waals surface area contributed by atoms with Crippen LogP contribution in [-0.2, 0) is 4.74 Å². The van der Waals surface area contributed by atoms with Crippen molar-refractivity contribution < 1.29 is 19.0 Å². The van der Waals surface area contributed by atoms with Crippen molar-refractivity contribution in [2.75, 3.05) is 31.6 Å². The van der Waals surface area contributed by atoms with Gasteiger partial charge in [-0.15, -0.1) is 0 Å². The summed E-state index contributed by atoms with van der Waals surface area (Å²) < 4.78 is 15.5. The van der Waals surface area contributed by atoms with Crippen LogP contribution in [0.4, 0.5) is 14.9 Å². The molecule has 162 valence electrons. The Morgan fingerprint density at radius 2 is 1.87 bits per heavy atom. The average Bonchev–Trinajstić information content (AvgIpc) is 3.16. The lowest BCUT2D eigenvalue weighted by Crippen LogP contribution is -2.12. The first-order valence-electron chi connectivity index (χ1n) is 9.56. The zero-order chi connectivity index (χ0) is 22.2. The van der Waals surface area contributed by atoms with Crippen molar-refractivity contribution in [3.05, 3.63) is 53.6 Å². The molecule has 0 atom stereocenters. The highest BCUT2D eigenvalue weighted by Gasteiger charge is 2.16. The first-order chi connectivity index (χ1) is 15.0. The minimum Gasteiger partial charge on any atom is -0.493 e. The van der Waals surface area contributed by atoms with Gasteiger partial charge >= 0.3 is 6.09 Å². The number of thiazole rings is 1. The Bertz CT molecular complexity index is 1060. The first kappa shape index (κ1) is 22.1. The zero-order valence-electron chi connectivity index (χ0n) is 17.8. The van der Waals surface area contributed by atoms with Gasteiger partial charge in [0, 0.05) is 5.56 Å². The molecule has 0 bridgehead atoms. The second-order valence-electron chi connectivity index (χ2n) is 6.39. The Morgan fingerprint density at radius 3 is 2.55 bits per heavy atom. The van der Waals surface area contributed by atoms with Crippen molar-refractivity contribution in [3.8, 4) is 22.8 Å². The molecular weight excluding hydrogens is 416 g/mol. The van der Waals surface area contributed by atoms with Crippen molar-refractivity contribution in [1.29, 1.82) is 0 Å². The van der Waals surface area contributed by atoms with Gasteiger partial charge in [0.25, 0.3) is 0 Å². The third kappa shape index (κ3) is 5.73. The number of carbonyl (C=O) groups is 1. The molecule has 9 heteroatoms. The lowest BCUT2D eigenvalue weighted by atomic mass is 10.1. The van der Waals surface area contributed by atoms with Crippen LogP contribution < -0.4 is 20.2 Å². The topological polar surface area (TPSA) is 94.1 Å². The van der Waals surface area contributed by atoms with E-state index in [1.54, 1.807) is 33.4 Å². The molecule has 1 amide bonds. The summed E-state index contributed by atoms with van der Waals surface area (Å²) in [5.74, 6) is 1.26. The number of nitrogens with one attached hydrogen (secondary N) is 2. The van der Waals surface area contributed by atoms with E-state index in [0.717, 1.165) is 16.7 Å². The Labute approximate surface area is 184 Å². The quantitative estimate of drug-likeness (QED) is 0.372. The number of aromatic nitrogens is 1. The summed E-state index contributed by atoms with van der Waals surface area (Å²) in [5, 5.41) is 8.11. The summed E-state index contributed by atoms with van der Waals surface area (Å²) >= 11 is 1.27. The van der Waals surface area contributed by atoms with Gasteiger partial charge in [-0.25, -0.2) is 9.78 Å². The number of benzene rings is 2. The van der Waals surface area contributed by atoms with Crippen LogP contribution in [0.3, 0.4) is 0 Å². The van der Waals surface area contributed by atoms with Crippen molar-refractivity contribution >= 4 is 33.8 Å². The highest BCUT2D eigenvalue weighted by molar-refractivity contribution is 7.20. The van der Waals surface area contributed by atoms with Crippen LogP contribution in [0, 0.1) is 6.92 Å². The Balaban J connectivity index is 1.81. The van der Waals surface area contributed by atoms with E-state index in [1.165, 1.54) is 11.3 Å². The molecule has 0 unspecified atom stereocenters. The standard InChI is InChI=1S/C22H24N4O4S/c1-5-30-22(27)25-20-19(16-9-6-14(2)7-10-16)24-21(31-20)26-23-13-15-8-11-17(28-3)18(12-15)29-4/h6-13H,5H2,1-4H3,(H,24,26)(H,25,27). The molecule has 1 heterocycles. The maximum Gasteiger partial charge on any atom is 0.412 e. The maximum absolute atomic E-state index is 11.9. The van der Waals surface area contributed by atoms with Crippen LogP contribution >= 0.6 is 11.3 Å². The lowest BCUT2D eigenvalue weighted by Gasteiger charge is -2.07. The molecule has 2 N–H and O–H groups in total. The van der Waals surface area contributed by atoms with Crippen molar-refractivity contribution in [2.24, 2.45) is 5.10 Å². The van der Waals surface area contributed by atoms with Crippen LogP contribution in [0.1, 0.15) is 18.1 Å². The molecule has 2 aromatic carbocycles. The summed E-state index contributed by atoms with van der Waals surface area (Å²) in [5.41, 5.74) is 6.40. The van der Waals surface area contributed by atoms with Gasteiger partial charge in [-0.3, -0.25) is 10.7 Å². The van der Waals surface area contributed by atoms with Crippen molar-refractivity contribution in [3.63, 3.8) is 0 Å². The molecule has 3 rings (SSSR count). The highest BCUT2D eigenvalue weighted by atomic mass is 32.1. The Kier molecular flexibility index (Phi) is 7.45. The molecular formula is C22H24N4O4S. The van der Waals surface area contributed by atoms with E-state index in [2.05, 4.69) is 20.8 Å². The molecule has 3 aromatic rings. The van der Waals surface area contributed by atoms with Gasteiger partial charge in [-0.1, -0.05) is 41.2 Å². The monoisotopic (exact) mass is 440 g/mol. The van der Waals surface area contributed by atoms with Crippen LogP contribution in [-0.4, -0.2) is 38.1 Å². The number of hydrazone groups is 1. The van der Waals surface area contributed by atoms with E-state index >= 15 is 0 Å². The number of hydrogen-bond acceptors (Lipinski definition) is 8. The van der Waals surface area contributed by atoms with Gasteiger partial charge in [0.15, 0.2) is 11.5 Å². The summed E-state index contributed by atoms with van der Waals surface area (Å²) in [7, 11) is 3.17. The van der Waals surface area contributed by atoms with Crippen LogP contribution in [0.25, 0.3) is 11.3 Å². The number of anilines is 2. The molecule has 0 aliphatic heterocycles. The minimum atomic E-state index is -0.528. The SMILES string of the molecule is CCOC(=O)Nc1sc(NN=Cc2ccc(OC)c(OC)c2)nc1-c1ccc(C)cc1. The van der Waals surface area contributed by atoms with Gasteiger partial charge < -0.3 is 14.2 Å². The fourth-order valence-electron chi connectivity index (χ4n) is 2.71. The molecule has 8 nitrogen and oxygen atoms in total. The van der Waals surface area contributed by atoms with E-state index in [1.807, 2.05) is 43.3 Å². The summed E-state index contributed by atoms with van der Waals surface area (Å²) in [6.07, 6.45) is 1.12. The Morgan fingerprint density at radius 1 is 1.13 bits per heavy atom. The summed E-state index contributed by atoms with van der Waals surface area (Å²) in [6, 6.07) is 13.4. The maximum atomic E-state index is 11.9. The highest BCUT2D eigenvalue weighted by Crippen LogP contribution is 2.36. The van der Waals surface area contributed by atoms with Gasteiger partial charge in [0.1, 0.15) is 10.7 Å². The number of methoxy groups -OCH3 is 2.